The first-order valence-corrected chi connectivity index (χ1v) is 18.0. The number of hydrogen-bond acceptors (Lipinski definition) is 8. The SMILES string of the molecule is CC(C)[C@H]1C(=O)N[C@H](CO)Cc2cc(NC(=O)CCCCCCC(=O)Nc3ccc4c(c3)N(C)[C@@H](C(C)C)C(=O)N[C@H](CO)C4)ccc2N1C. The first-order chi connectivity index (χ1) is 23.8. The molecule has 12 nitrogen and oxygen atoms in total. The van der Waals surface area contributed by atoms with Crippen molar-refractivity contribution in [1.82, 2.24) is 10.6 Å². The van der Waals surface area contributed by atoms with Crippen molar-refractivity contribution in [1.29, 1.82) is 0 Å². The molecule has 0 saturated heterocycles. The van der Waals surface area contributed by atoms with Crippen molar-refractivity contribution in [2.45, 2.75) is 103 Å². The summed E-state index contributed by atoms with van der Waals surface area (Å²) in [5, 5.41) is 31.6. The van der Waals surface area contributed by atoms with Gasteiger partial charge in [0.25, 0.3) is 0 Å². The van der Waals surface area contributed by atoms with Gasteiger partial charge in [-0.05, 0) is 79.0 Å². The number of benzene rings is 2. The number of carbonyl (C=O) groups excluding carboxylic acids is 4. The van der Waals surface area contributed by atoms with Crippen LogP contribution >= 0.6 is 0 Å². The van der Waals surface area contributed by atoms with Crippen molar-refractivity contribution >= 4 is 46.4 Å². The summed E-state index contributed by atoms with van der Waals surface area (Å²) in [6.07, 6.45) is 4.71. The Hall–Kier alpha value is -4.16. The second kappa shape index (κ2) is 17.7. The standard InChI is InChI=1S/C38H56N6O6/c1-23(2)35-37(49)42-30(22-46)19-26-18-27(15-16-31(26)43(35)5)39-33(47)11-9-7-8-10-12-34(48)40-28-14-13-25-17-29(21-45)41-38(50)36(24(3)4)44(6)32(25)20-28/h13-16,18,20,23-24,29-30,35-36,45-46H,7-12,17,19,21-22H2,1-6H3,(H,39,47)(H,40,48)(H,41,50)(H,42,49)/t29-,30-,35-,36-/m0/s1. The molecule has 4 rings (SSSR count). The fourth-order valence-corrected chi connectivity index (χ4v) is 7.26. The minimum absolute atomic E-state index is 0.0416. The lowest BCUT2D eigenvalue weighted by atomic mass is 9.95. The number of hydrogen-bond donors (Lipinski definition) is 6. The quantitative estimate of drug-likeness (QED) is 0.174. The van der Waals surface area contributed by atoms with Gasteiger partial charge in [0.15, 0.2) is 0 Å². The second-order valence-corrected chi connectivity index (χ2v) is 14.5. The highest BCUT2D eigenvalue weighted by atomic mass is 16.3. The molecule has 2 aromatic carbocycles. The highest BCUT2D eigenvalue weighted by Crippen LogP contribution is 2.32. The zero-order valence-electron chi connectivity index (χ0n) is 30.4. The van der Waals surface area contributed by atoms with Gasteiger partial charge in [0.1, 0.15) is 12.1 Å². The molecule has 0 fully saturated rings. The average molecular weight is 693 g/mol. The number of unbranched alkanes of at least 4 members (excludes halogenated alkanes) is 3. The van der Waals surface area contributed by atoms with Crippen molar-refractivity contribution in [2.24, 2.45) is 11.8 Å². The van der Waals surface area contributed by atoms with Crippen LogP contribution in [-0.4, -0.2) is 85.3 Å². The summed E-state index contributed by atoms with van der Waals surface area (Å²) in [7, 11) is 3.79. The average Bonchev–Trinajstić information content (AvgIpc) is 3.04. The molecule has 50 heavy (non-hydrogen) atoms. The Morgan fingerprint density at radius 2 is 1.16 bits per heavy atom. The van der Waals surface area contributed by atoms with E-state index in [0.29, 0.717) is 49.9 Å². The Kier molecular flexibility index (Phi) is 13.7. The summed E-state index contributed by atoms with van der Waals surface area (Å²) in [5.41, 5.74) is 5.06. The number of aliphatic hydroxyl groups is 2. The highest BCUT2D eigenvalue weighted by molar-refractivity contribution is 5.93. The largest absolute Gasteiger partial charge is 0.394 e. The maximum atomic E-state index is 12.9. The van der Waals surface area contributed by atoms with E-state index in [9.17, 15) is 29.4 Å². The first kappa shape index (κ1) is 38.6. The molecule has 4 atom stereocenters. The lowest BCUT2D eigenvalue weighted by Gasteiger charge is -2.37. The van der Waals surface area contributed by atoms with Crippen LogP contribution in [-0.2, 0) is 32.0 Å². The highest BCUT2D eigenvalue weighted by Gasteiger charge is 2.33. The molecule has 2 aliphatic heterocycles. The van der Waals surface area contributed by atoms with Crippen LogP contribution < -0.4 is 31.1 Å². The van der Waals surface area contributed by atoms with E-state index < -0.39 is 12.1 Å². The summed E-state index contributed by atoms with van der Waals surface area (Å²) in [6.45, 7) is 7.65. The molecule has 0 bridgehead atoms. The zero-order chi connectivity index (χ0) is 36.5. The molecule has 274 valence electrons. The number of nitrogens with zero attached hydrogens (tertiary/aromatic N) is 2. The molecule has 0 saturated carbocycles. The molecule has 12 heteroatoms. The molecule has 0 aromatic heterocycles. The lowest BCUT2D eigenvalue weighted by molar-refractivity contribution is -0.125. The van der Waals surface area contributed by atoms with Gasteiger partial charge in [-0.2, -0.15) is 0 Å². The molecule has 0 unspecified atom stereocenters. The van der Waals surface area contributed by atoms with Crippen LogP contribution in [0, 0.1) is 11.8 Å². The van der Waals surface area contributed by atoms with Crippen LogP contribution in [0.1, 0.15) is 77.3 Å². The third-order valence-corrected chi connectivity index (χ3v) is 9.75. The fourth-order valence-electron chi connectivity index (χ4n) is 7.26. The lowest BCUT2D eigenvalue weighted by Crippen LogP contribution is -2.54. The predicted molar refractivity (Wildman–Crippen MR) is 197 cm³/mol. The van der Waals surface area contributed by atoms with Crippen LogP contribution in [0.2, 0.25) is 0 Å². The maximum Gasteiger partial charge on any atom is 0.243 e. The molecular formula is C38H56N6O6. The second-order valence-electron chi connectivity index (χ2n) is 14.5. The van der Waals surface area contributed by atoms with Gasteiger partial charge >= 0.3 is 0 Å². The van der Waals surface area contributed by atoms with Gasteiger partial charge in [0.05, 0.1) is 25.3 Å². The summed E-state index contributed by atoms with van der Waals surface area (Å²) in [4.78, 5) is 55.3. The number of amides is 4. The molecular weight excluding hydrogens is 636 g/mol. The molecule has 0 spiro atoms. The number of anilines is 4. The van der Waals surface area contributed by atoms with E-state index >= 15 is 0 Å². The molecule has 0 aliphatic carbocycles. The number of rotatable bonds is 13. The monoisotopic (exact) mass is 692 g/mol. The summed E-state index contributed by atoms with van der Waals surface area (Å²) in [5.74, 6) is -0.286. The van der Waals surface area contributed by atoms with Crippen molar-refractivity contribution in [3.63, 3.8) is 0 Å². The van der Waals surface area contributed by atoms with Crippen molar-refractivity contribution in [3.8, 4) is 0 Å². The minimum atomic E-state index is -0.409. The fraction of sp³-hybridized carbons (Fsp3) is 0.579. The van der Waals surface area contributed by atoms with Crippen molar-refractivity contribution in [2.75, 3.05) is 47.7 Å². The van der Waals surface area contributed by atoms with Crippen molar-refractivity contribution < 1.29 is 29.4 Å². The molecule has 2 aromatic rings. The van der Waals surface area contributed by atoms with E-state index in [4.69, 9.17) is 0 Å². The Labute approximate surface area is 296 Å². The maximum absolute atomic E-state index is 12.9. The van der Waals surface area contributed by atoms with Gasteiger partial charge in [-0.1, -0.05) is 46.6 Å². The molecule has 2 heterocycles. The Morgan fingerprint density at radius 1 is 0.700 bits per heavy atom. The van der Waals surface area contributed by atoms with E-state index in [0.717, 1.165) is 35.3 Å². The van der Waals surface area contributed by atoms with Gasteiger partial charge in [-0.15, -0.1) is 0 Å². The Balaban J connectivity index is 1.24. The van der Waals surface area contributed by atoms with Crippen LogP contribution in [0.5, 0.6) is 0 Å². The van der Waals surface area contributed by atoms with E-state index in [2.05, 4.69) is 21.3 Å². The van der Waals surface area contributed by atoms with Crippen LogP contribution in [0.15, 0.2) is 36.4 Å². The summed E-state index contributed by atoms with van der Waals surface area (Å²) in [6, 6.07) is 9.87. The van der Waals surface area contributed by atoms with Gasteiger partial charge in [-0.25, -0.2) is 0 Å². The number of aliphatic hydroxyl groups excluding tert-OH is 2. The number of likely N-dealkylation sites (N-methyl/N-ethyl adjacent to an activating group) is 2. The zero-order valence-corrected chi connectivity index (χ0v) is 30.4. The normalized spacial score (nSPS) is 20.9. The summed E-state index contributed by atoms with van der Waals surface area (Å²) < 4.78 is 0. The van der Waals surface area contributed by atoms with Gasteiger partial charge in [-0.3, -0.25) is 19.2 Å². The molecule has 4 amide bonds. The minimum Gasteiger partial charge on any atom is -0.394 e. The first-order valence-electron chi connectivity index (χ1n) is 18.0. The number of fused-ring (bicyclic) bond motifs is 2. The topological polar surface area (TPSA) is 163 Å². The Morgan fingerprint density at radius 3 is 1.66 bits per heavy atom. The van der Waals surface area contributed by atoms with Crippen LogP contribution in [0.25, 0.3) is 0 Å². The van der Waals surface area contributed by atoms with Gasteiger partial charge < -0.3 is 41.3 Å². The smallest absolute Gasteiger partial charge is 0.243 e. The van der Waals surface area contributed by atoms with Crippen LogP contribution in [0.4, 0.5) is 22.7 Å². The number of nitrogens with one attached hydrogen (secondary N) is 4. The van der Waals surface area contributed by atoms with Crippen LogP contribution in [0.3, 0.4) is 0 Å². The van der Waals surface area contributed by atoms with E-state index in [-0.39, 0.29) is 60.8 Å². The third-order valence-electron chi connectivity index (χ3n) is 9.75. The molecule has 6 N–H and O–H groups in total. The molecule has 2 aliphatic rings. The number of carbonyl (C=O) groups is 4. The van der Waals surface area contributed by atoms with Gasteiger partial charge in [0, 0.05) is 49.7 Å². The van der Waals surface area contributed by atoms with E-state index in [1.54, 1.807) is 0 Å². The summed E-state index contributed by atoms with van der Waals surface area (Å²) >= 11 is 0. The van der Waals surface area contributed by atoms with Gasteiger partial charge in [0.2, 0.25) is 23.6 Å². The van der Waals surface area contributed by atoms with E-state index in [1.807, 2.05) is 88.0 Å². The predicted octanol–water partition coefficient (Wildman–Crippen LogP) is 3.59. The third kappa shape index (κ3) is 9.75. The Bertz CT molecular complexity index is 1510. The van der Waals surface area contributed by atoms with E-state index in [1.165, 1.54) is 0 Å². The van der Waals surface area contributed by atoms with Crippen molar-refractivity contribution in [3.05, 3.63) is 47.5 Å². The molecule has 0 radical (unpaired) electrons.